The van der Waals surface area contributed by atoms with Gasteiger partial charge in [0.05, 0.1) is 5.52 Å². The van der Waals surface area contributed by atoms with E-state index in [0.29, 0.717) is 23.9 Å². The van der Waals surface area contributed by atoms with Gasteiger partial charge >= 0.3 is 6.01 Å². The van der Waals surface area contributed by atoms with Crippen molar-refractivity contribution in [2.45, 2.75) is 6.42 Å². The fourth-order valence-electron chi connectivity index (χ4n) is 2.12. The summed E-state index contributed by atoms with van der Waals surface area (Å²) in [5.41, 5.74) is 8.31. The quantitative estimate of drug-likeness (QED) is 0.583. The normalized spacial score (nSPS) is 10.5. The number of nitrogens with two attached hydrogens (primary N) is 1. The molecule has 1 heterocycles. The predicted octanol–water partition coefficient (Wildman–Crippen LogP) is 3.73. The van der Waals surface area contributed by atoms with Gasteiger partial charge in [-0.25, -0.2) is 4.98 Å². The summed E-state index contributed by atoms with van der Waals surface area (Å²) in [5.74, 6) is 0.694. The van der Waals surface area contributed by atoms with Crippen molar-refractivity contribution in [3.63, 3.8) is 0 Å². The Morgan fingerprint density at radius 1 is 1.19 bits per heavy atom. The number of aromatic nitrogens is 2. The third-order valence-electron chi connectivity index (χ3n) is 3.12. The Morgan fingerprint density at radius 3 is 2.90 bits per heavy atom. The molecule has 0 aliphatic carbocycles. The Balaban J connectivity index is 1.96. The van der Waals surface area contributed by atoms with E-state index >= 15 is 0 Å². The SMILES string of the molecule is C=CCc1cc(N)ccc1Oc1ncc2ccccc2n1. The van der Waals surface area contributed by atoms with Crippen molar-refractivity contribution in [1.82, 2.24) is 9.97 Å². The highest BCUT2D eigenvalue weighted by Crippen LogP contribution is 2.26. The third-order valence-corrected chi connectivity index (χ3v) is 3.12. The van der Waals surface area contributed by atoms with Gasteiger partial charge in [-0.05, 0) is 30.7 Å². The molecule has 0 bridgehead atoms. The van der Waals surface area contributed by atoms with E-state index in [1.807, 2.05) is 42.5 Å². The van der Waals surface area contributed by atoms with Crippen molar-refractivity contribution >= 4 is 16.6 Å². The Hall–Kier alpha value is -2.88. The van der Waals surface area contributed by atoms with Crippen LogP contribution in [-0.2, 0) is 6.42 Å². The van der Waals surface area contributed by atoms with Gasteiger partial charge in [-0.15, -0.1) is 6.58 Å². The smallest absolute Gasteiger partial charge is 0.322 e. The second-order valence-corrected chi connectivity index (χ2v) is 4.67. The summed E-state index contributed by atoms with van der Waals surface area (Å²) in [6.07, 6.45) is 4.24. The maximum atomic E-state index is 5.80. The molecule has 0 fully saturated rings. The molecule has 2 N–H and O–H groups in total. The number of fused-ring (bicyclic) bond motifs is 1. The van der Waals surface area contributed by atoms with Crippen molar-refractivity contribution in [3.8, 4) is 11.8 Å². The highest BCUT2D eigenvalue weighted by atomic mass is 16.5. The number of allylic oxidation sites excluding steroid dienone is 1. The molecule has 1 aromatic heterocycles. The lowest BCUT2D eigenvalue weighted by Crippen LogP contribution is -1.97. The summed E-state index contributed by atoms with van der Waals surface area (Å²) >= 11 is 0. The summed E-state index contributed by atoms with van der Waals surface area (Å²) in [7, 11) is 0. The standard InChI is InChI=1S/C17H15N3O/c1-2-5-12-10-14(18)8-9-16(12)21-17-19-11-13-6-3-4-7-15(13)20-17/h2-4,6-11H,1,5,18H2. The Bertz CT molecular complexity index is 799. The van der Waals surface area contributed by atoms with E-state index in [2.05, 4.69) is 16.5 Å². The summed E-state index contributed by atoms with van der Waals surface area (Å²) in [6, 6.07) is 13.6. The number of hydrogen-bond acceptors (Lipinski definition) is 4. The fourth-order valence-corrected chi connectivity index (χ4v) is 2.12. The van der Waals surface area contributed by atoms with Gasteiger partial charge in [0.2, 0.25) is 0 Å². The average Bonchev–Trinajstić information content (AvgIpc) is 2.50. The van der Waals surface area contributed by atoms with E-state index in [9.17, 15) is 0 Å². The number of anilines is 1. The molecule has 0 saturated heterocycles. The van der Waals surface area contributed by atoms with Crippen LogP contribution >= 0.6 is 0 Å². The van der Waals surface area contributed by atoms with E-state index in [0.717, 1.165) is 16.5 Å². The maximum absolute atomic E-state index is 5.80. The maximum Gasteiger partial charge on any atom is 0.322 e. The highest BCUT2D eigenvalue weighted by Gasteiger charge is 2.07. The Labute approximate surface area is 122 Å². The monoisotopic (exact) mass is 277 g/mol. The molecule has 21 heavy (non-hydrogen) atoms. The van der Waals surface area contributed by atoms with Crippen molar-refractivity contribution in [2.24, 2.45) is 0 Å². The summed E-state index contributed by atoms with van der Waals surface area (Å²) in [6.45, 7) is 3.75. The number of benzene rings is 2. The van der Waals surface area contributed by atoms with Gasteiger partial charge < -0.3 is 10.5 Å². The predicted molar refractivity (Wildman–Crippen MR) is 84.4 cm³/mol. The molecule has 0 aliphatic rings. The molecular formula is C17H15N3O. The van der Waals surface area contributed by atoms with Crippen LogP contribution in [0.15, 0.2) is 61.3 Å². The molecule has 0 amide bonds. The number of para-hydroxylation sites is 1. The van der Waals surface area contributed by atoms with Crippen LogP contribution in [0, 0.1) is 0 Å². The minimum Gasteiger partial charge on any atom is -0.424 e. The van der Waals surface area contributed by atoms with E-state index in [4.69, 9.17) is 10.5 Å². The number of hydrogen-bond donors (Lipinski definition) is 1. The van der Waals surface area contributed by atoms with Gasteiger partial charge in [0.25, 0.3) is 0 Å². The van der Waals surface area contributed by atoms with Crippen molar-refractivity contribution in [2.75, 3.05) is 5.73 Å². The van der Waals surface area contributed by atoms with Gasteiger partial charge in [0.1, 0.15) is 5.75 Å². The van der Waals surface area contributed by atoms with Crippen LogP contribution in [-0.4, -0.2) is 9.97 Å². The zero-order chi connectivity index (χ0) is 14.7. The van der Waals surface area contributed by atoms with Crippen LogP contribution in [0.4, 0.5) is 5.69 Å². The lowest BCUT2D eigenvalue weighted by molar-refractivity contribution is 0.440. The lowest BCUT2D eigenvalue weighted by atomic mass is 10.1. The van der Waals surface area contributed by atoms with Crippen LogP contribution in [0.25, 0.3) is 10.9 Å². The van der Waals surface area contributed by atoms with Gasteiger partial charge in [0, 0.05) is 22.8 Å². The molecule has 0 radical (unpaired) electrons. The third kappa shape index (κ3) is 2.84. The molecule has 0 atom stereocenters. The first kappa shape index (κ1) is 13.1. The first-order chi connectivity index (χ1) is 10.3. The molecule has 4 nitrogen and oxygen atoms in total. The van der Waals surface area contributed by atoms with Gasteiger partial charge in [-0.3, -0.25) is 0 Å². The molecule has 3 aromatic rings. The number of ether oxygens (including phenoxy) is 1. The van der Waals surface area contributed by atoms with Gasteiger partial charge in [-0.2, -0.15) is 4.98 Å². The molecular weight excluding hydrogens is 262 g/mol. The van der Waals surface area contributed by atoms with Crippen LogP contribution in [0.3, 0.4) is 0 Å². The summed E-state index contributed by atoms with van der Waals surface area (Å²) in [5, 5.41) is 0.980. The van der Waals surface area contributed by atoms with Crippen molar-refractivity contribution in [1.29, 1.82) is 0 Å². The van der Waals surface area contributed by atoms with Gasteiger partial charge in [0.15, 0.2) is 0 Å². The van der Waals surface area contributed by atoms with Crippen LogP contribution < -0.4 is 10.5 Å². The molecule has 0 spiro atoms. The second-order valence-electron chi connectivity index (χ2n) is 4.67. The molecule has 4 heteroatoms. The number of nitrogens with zero attached hydrogens (tertiary/aromatic N) is 2. The molecule has 3 rings (SSSR count). The summed E-state index contributed by atoms with van der Waals surface area (Å²) < 4.78 is 5.80. The number of rotatable bonds is 4. The largest absolute Gasteiger partial charge is 0.424 e. The Kier molecular flexibility index (Phi) is 3.51. The number of nitrogen functional groups attached to an aromatic ring is 1. The zero-order valence-corrected chi connectivity index (χ0v) is 11.5. The molecule has 104 valence electrons. The Morgan fingerprint density at radius 2 is 2.05 bits per heavy atom. The van der Waals surface area contributed by atoms with Crippen molar-refractivity contribution in [3.05, 3.63) is 66.9 Å². The molecule has 0 saturated carbocycles. The van der Waals surface area contributed by atoms with Crippen molar-refractivity contribution < 1.29 is 4.74 Å². The van der Waals surface area contributed by atoms with E-state index in [1.54, 1.807) is 12.3 Å². The molecule has 0 aliphatic heterocycles. The minimum absolute atomic E-state index is 0.323. The molecule has 2 aromatic carbocycles. The average molecular weight is 277 g/mol. The first-order valence-electron chi connectivity index (χ1n) is 6.65. The van der Waals surface area contributed by atoms with Crippen LogP contribution in [0.1, 0.15) is 5.56 Å². The fraction of sp³-hybridized carbons (Fsp3) is 0.0588. The van der Waals surface area contributed by atoms with E-state index in [-0.39, 0.29) is 0 Å². The lowest BCUT2D eigenvalue weighted by Gasteiger charge is -2.09. The highest BCUT2D eigenvalue weighted by molar-refractivity contribution is 5.77. The first-order valence-corrected chi connectivity index (χ1v) is 6.65. The van der Waals surface area contributed by atoms with Crippen LogP contribution in [0.2, 0.25) is 0 Å². The zero-order valence-electron chi connectivity index (χ0n) is 11.5. The van der Waals surface area contributed by atoms with Gasteiger partial charge in [-0.1, -0.05) is 24.3 Å². The molecule has 0 unspecified atom stereocenters. The topological polar surface area (TPSA) is 61.0 Å². The summed E-state index contributed by atoms with van der Waals surface area (Å²) in [4.78, 5) is 8.64. The second kappa shape index (κ2) is 5.63. The minimum atomic E-state index is 0.323. The van der Waals surface area contributed by atoms with Crippen LogP contribution in [0.5, 0.6) is 11.8 Å². The van der Waals surface area contributed by atoms with E-state index < -0.39 is 0 Å². The van der Waals surface area contributed by atoms with E-state index in [1.165, 1.54) is 0 Å².